The van der Waals surface area contributed by atoms with E-state index in [2.05, 4.69) is 13.2 Å². The van der Waals surface area contributed by atoms with E-state index >= 15 is 0 Å². The van der Waals surface area contributed by atoms with Crippen molar-refractivity contribution >= 4 is 11.9 Å². The van der Waals surface area contributed by atoms with Crippen molar-refractivity contribution in [1.82, 2.24) is 0 Å². The van der Waals surface area contributed by atoms with Crippen molar-refractivity contribution in [1.29, 1.82) is 0 Å². The Morgan fingerprint density at radius 3 is 1.38 bits per heavy atom. The molecular weight excluding hydrogens is 312 g/mol. The van der Waals surface area contributed by atoms with Gasteiger partial charge in [-0.3, -0.25) is 0 Å². The van der Waals surface area contributed by atoms with Crippen LogP contribution in [-0.4, -0.2) is 11.9 Å². The molecule has 24 heavy (non-hydrogen) atoms. The Hall–Kier alpha value is -3.28. The highest BCUT2D eigenvalue weighted by Gasteiger charge is 2.00. The largest absolute Gasteiger partial charge is 0.462 e. The molecule has 0 bridgehead atoms. The molecule has 0 N–H and O–H groups in total. The number of carbonyl (C=O) groups is 2. The summed E-state index contributed by atoms with van der Waals surface area (Å²) in [6.07, 6.45) is 4.71. The summed E-state index contributed by atoms with van der Waals surface area (Å²) >= 11 is 0. The third-order valence-electron chi connectivity index (χ3n) is 2.39. The highest BCUT2D eigenvalue weighted by molar-refractivity contribution is 5.87. The lowest BCUT2D eigenvalue weighted by atomic mass is 10.3. The summed E-state index contributed by atoms with van der Waals surface area (Å²) in [4.78, 5) is 22.2. The fourth-order valence-corrected chi connectivity index (χ4v) is 1.19. The summed E-state index contributed by atoms with van der Waals surface area (Å²) in [6.45, 7) is 9.99. The second kappa shape index (κ2) is 9.68. The lowest BCUT2D eigenvalue weighted by Crippen LogP contribution is -1.99. The van der Waals surface area contributed by atoms with Crippen molar-refractivity contribution < 1.29 is 28.5 Å². The van der Waals surface area contributed by atoms with Gasteiger partial charge >= 0.3 is 11.9 Å². The highest BCUT2D eigenvalue weighted by atomic mass is 16.5. The van der Waals surface area contributed by atoms with Gasteiger partial charge in [0, 0.05) is 11.1 Å². The molecule has 0 aliphatic carbocycles. The Kier molecular flexibility index (Phi) is 7.57. The molecule has 0 saturated carbocycles. The van der Waals surface area contributed by atoms with Gasteiger partial charge in [-0.05, 0) is 38.1 Å². The molecule has 6 nitrogen and oxygen atoms in total. The first-order valence-electron chi connectivity index (χ1n) is 6.86. The van der Waals surface area contributed by atoms with Crippen LogP contribution in [0, 0.1) is 0 Å². The van der Waals surface area contributed by atoms with E-state index in [4.69, 9.17) is 18.9 Å². The average Bonchev–Trinajstić information content (AvgIpc) is 2.56. The summed E-state index contributed by atoms with van der Waals surface area (Å²) < 4.78 is 19.9. The predicted octanol–water partition coefficient (Wildman–Crippen LogP) is 3.63. The van der Waals surface area contributed by atoms with Crippen LogP contribution in [-0.2, 0) is 19.1 Å². The Morgan fingerprint density at radius 2 is 1.08 bits per heavy atom. The molecule has 6 heteroatoms. The normalized spacial score (nSPS) is 10.4. The predicted molar refractivity (Wildman–Crippen MR) is 87.8 cm³/mol. The van der Waals surface area contributed by atoms with Gasteiger partial charge in [-0.15, -0.1) is 0 Å². The maximum atomic E-state index is 11.1. The van der Waals surface area contributed by atoms with E-state index in [-0.39, 0.29) is 0 Å². The summed E-state index contributed by atoms with van der Waals surface area (Å²) in [5.74, 6) is -0.0270. The second-order valence-electron chi connectivity index (χ2n) is 4.62. The lowest BCUT2D eigenvalue weighted by molar-refractivity contribution is -0.134. The summed E-state index contributed by atoms with van der Waals surface area (Å²) in [5.41, 5.74) is 0.589. The number of benzene rings is 1. The first-order chi connectivity index (χ1) is 11.4. The fourth-order valence-electron chi connectivity index (χ4n) is 1.19. The van der Waals surface area contributed by atoms with Gasteiger partial charge in [0.15, 0.2) is 0 Å². The van der Waals surface area contributed by atoms with Gasteiger partial charge in [0.05, 0.1) is 0 Å². The molecule has 0 aliphatic rings. The summed E-state index contributed by atoms with van der Waals surface area (Å²) in [5, 5.41) is 0. The van der Waals surface area contributed by atoms with Gasteiger partial charge in [-0.1, -0.05) is 13.2 Å². The number of esters is 2. The smallest absolute Gasteiger partial charge is 0.338 e. The van der Waals surface area contributed by atoms with Crippen LogP contribution in [0.2, 0.25) is 0 Å². The number of rotatable bonds is 8. The van der Waals surface area contributed by atoms with Crippen molar-refractivity contribution in [2.24, 2.45) is 0 Å². The lowest BCUT2D eigenvalue weighted by Gasteiger charge is -2.03. The van der Waals surface area contributed by atoms with Crippen LogP contribution in [0.15, 0.2) is 73.6 Å². The van der Waals surface area contributed by atoms with E-state index in [1.807, 2.05) is 0 Å². The zero-order chi connectivity index (χ0) is 17.9. The van der Waals surface area contributed by atoms with E-state index < -0.39 is 11.9 Å². The van der Waals surface area contributed by atoms with Crippen molar-refractivity contribution in [3.63, 3.8) is 0 Å². The van der Waals surface area contributed by atoms with Gasteiger partial charge < -0.3 is 18.9 Å². The van der Waals surface area contributed by atoms with Crippen LogP contribution in [0.5, 0.6) is 11.5 Å². The Labute approximate surface area is 140 Å². The molecule has 0 radical (unpaired) electrons. The monoisotopic (exact) mass is 330 g/mol. The van der Waals surface area contributed by atoms with Crippen molar-refractivity contribution in [3.8, 4) is 11.5 Å². The molecule has 0 heterocycles. The van der Waals surface area contributed by atoms with Crippen molar-refractivity contribution in [2.45, 2.75) is 13.8 Å². The minimum absolute atomic E-state index is 0.295. The average molecular weight is 330 g/mol. The molecule has 0 atom stereocenters. The fraction of sp³-hybridized carbons (Fsp3) is 0.111. The Balaban J connectivity index is 2.40. The van der Waals surface area contributed by atoms with E-state index in [1.165, 1.54) is 12.5 Å². The van der Waals surface area contributed by atoms with Gasteiger partial charge in [-0.2, -0.15) is 0 Å². The van der Waals surface area contributed by atoms with Crippen LogP contribution in [0.4, 0.5) is 0 Å². The molecule has 0 aromatic heterocycles. The number of hydrogen-bond donors (Lipinski definition) is 0. The van der Waals surface area contributed by atoms with Crippen LogP contribution in [0.3, 0.4) is 0 Å². The zero-order valence-corrected chi connectivity index (χ0v) is 13.5. The molecule has 0 unspecified atom stereocenters. The quantitative estimate of drug-likeness (QED) is 0.412. The molecule has 0 aliphatic heterocycles. The molecule has 0 fully saturated rings. The third-order valence-corrected chi connectivity index (χ3v) is 2.39. The van der Waals surface area contributed by atoms with E-state index in [0.717, 1.165) is 12.5 Å². The number of ether oxygens (including phenoxy) is 4. The molecule has 1 aromatic rings. The van der Waals surface area contributed by atoms with Gasteiger partial charge in [0.2, 0.25) is 0 Å². The van der Waals surface area contributed by atoms with Gasteiger partial charge in [0.25, 0.3) is 0 Å². The molecular formula is C18H18O6. The Bertz CT molecular complexity index is 608. The first kappa shape index (κ1) is 18.8. The minimum atomic E-state index is -0.530. The maximum absolute atomic E-state index is 11.1. The molecule has 1 aromatic carbocycles. The highest BCUT2D eigenvalue weighted by Crippen LogP contribution is 2.18. The second-order valence-corrected chi connectivity index (χ2v) is 4.62. The first-order valence-corrected chi connectivity index (χ1v) is 6.86. The summed E-state index contributed by atoms with van der Waals surface area (Å²) in [6, 6.07) is 6.59. The van der Waals surface area contributed by atoms with Crippen LogP contribution >= 0.6 is 0 Å². The standard InChI is InChI=1S/C18H18O6/c1-13(2)17(19)23-11-9-21-15-5-7-16(8-6-15)22-10-12-24-18(20)14(3)4/h5-12H,1,3H2,2,4H3. The zero-order valence-electron chi connectivity index (χ0n) is 13.5. The van der Waals surface area contributed by atoms with E-state index in [0.29, 0.717) is 22.6 Å². The number of hydrogen-bond acceptors (Lipinski definition) is 6. The van der Waals surface area contributed by atoms with Gasteiger partial charge in [-0.25, -0.2) is 9.59 Å². The molecule has 0 saturated heterocycles. The maximum Gasteiger partial charge on any atom is 0.338 e. The third kappa shape index (κ3) is 7.13. The Morgan fingerprint density at radius 1 is 0.750 bits per heavy atom. The molecule has 0 spiro atoms. The van der Waals surface area contributed by atoms with E-state index in [9.17, 15) is 9.59 Å². The molecule has 0 amide bonds. The minimum Gasteiger partial charge on any atom is -0.462 e. The van der Waals surface area contributed by atoms with E-state index in [1.54, 1.807) is 38.1 Å². The van der Waals surface area contributed by atoms with Crippen molar-refractivity contribution in [2.75, 3.05) is 0 Å². The number of carbonyl (C=O) groups excluding carboxylic acids is 2. The topological polar surface area (TPSA) is 71.1 Å². The molecule has 1 rings (SSSR count). The summed E-state index contributed by atoms with van der Waals surface area (Å²) in [7, 11) is 0. The van der Waals surface area contributed by atoms with Gasteiger partial charge in [0.1, 0.15) is 36.5 Å². The van der Waals surface area contributed by atoms with Crippen LogP contribution < -0.4 is 9.47 Å². The SMILES string of the molecule is C=C(C)C(=O)OC=COc1ccc(OC=COC(=O)C(=C)C)cc1. The van der Waals surface area contributed by atoms with Crippen LogP contribution in [0.25, 0.3) is 0 Å². The van der Waals surface area contributed by atoms with Crippen LogP contribution in [0.1, 0.15) is 13.8 Å². The van der Waals surface area contributed by atoms with Crippen molar-refractivity contribution in [3.05, 3.63) is 73.6 Å². The molecule has 126 valence electrons.